The summed E-state index contributed by atoms with van der Waals surface area (Å²) in [6, 6.07) is 5.55. The number of carboxylic acids is 1. The monoisotopic (exact) mass is 349 g/mol. The summed E-state index contributed by atoms with van der Waals surface area (Å²) in [6.07, 6.45) is 2.00. The molecule has 0 spiro atoms. The molecule has 6 heteroatoms. The number of nitrogens with zero attached hydrogens (tertiary/aromatic N) is 1. The average Bonchev–Trinajstić information content (AvgIpc) is 3.02. The number of aromatic nitrogens is 1. The van der Waals surface area contributed by atoms with Crippen molar-refractivity contribution in [3.05, 3.63) is 29.5 Å². The van der Waals surface area contributed by atoms with Crippen molar-refractivity contribution in [2.24, 2.45) is 5.92 Å². The number of rotatable bonds is 4. The van der Waals surface area contributed by atoms with Crippen LogP contribution in [0, 0.1) is 5.92 Å². The molecule has 5 nitrogen and oxygen atoms in total. The van der Waals surface area contributed by atoms with Gasteiger partial charge in [-0.25, -0.2) is 8.42 Å². The van der Waals surface area contributed by atoms with Crippen molar-refractivity contribution in [3.8, 4) is 0 Å². The van der Waals surface area contributed by atoms with E-state index in [2.05, 4.69) is 10.6 Å². The first-order chi connectivity index (χ1) is 11.1. The highest BCUT2D eigenvalue weighted by Crippen LogP contribution is 2.41. The highest BCUT2D eigenvalue weighted by Gasteiger charge is 2.33. The van der Waals surface area contributed by atoms with Gasteiger partial charge in [0.25, 0.3) is 0 Å². The minimum atomic E-state index is -3.30. The molecule has 3 rings (SSSR count). The minimum Gasteiger partial charge on any atom is -0.481 e. The second kappa shape index (κ2) is 5.62. The smallest absolute Gasteiger partial charge is 0.306 e. The number of aryl methyl sites for hydroxylation is 1. The highest BCUT2D eigenvalue weighted by molar-refractivity contribution is 7.90. The van der Waals surface area contributed by atoms with Crippen molar-refractivity contribution in [2.45, 2.75) is 50.5 Å². The van der Waals surface area contributed by atoms with Crippen LogP contribution in [0.5, 0.6) is 0 Å². The van der Waals surface area contributed by atoms with E-state index in [1.165, 1.54) is 6.26 Å². The fraction of sp³-hybridized carbons (Fsp3) is 0.500. The maximum Gasteiger partial charge on any atom is 0.306 e. The summed E-state index contributed by atoms with van der Waals surface area (Å²) >= 11 is 0. The van der Waals surface area contributed by atoms with Crippen LogP contribution in [-0.4, -0.2) is 30.3 Å². The molecule has 0 radical (unpaired) electrons. The van der Waals surface area contributed by atoms with E-state index in [0.717, 1.165) is 35.1 Å². The maximum absolute atomic E-state index is 12.0. The van der Waals surface area contributed by atoms with Gasteiger partial charge in [-0.15, -0.1) is 0 Å². The first kappa shape index (κ1) is 17.0. The molecule has 2 heterocycles. The molecule has 1 aromatic heterocycles. The molecule has 2 aromatic rings. The van der Waals surface area contributed by atoms with Crippen LogP contribution >= 0.6 is 0 Å². The van der Waals surface area contributed by atoms with Gasteiger partial charge in [-0.1, -0.05) is 20.8 Å². The lowest BCUT2D eigenvalue weighted by molar-refractivity contribution is -0.141. The van der Waals surface area contributed by atoms with Crippen molar-refractivity contribution >= 4 is 26.7 Å². The predicted octanol–water partition coefficient (Wildman–Crippen LogP) is 3.38. The topological polar surface area (TPSA) is 76.4 Å². The third-order valence-corrected chi connectivity index (χ3v) is 6.24. The van der Waals surface area contributed by atoms with Gasteiger partial charge in [0.1, 0.15) is 0 Å². The molecule has 2 unspecified atom stereocenters. The average molecular weight is 349 g/mol. The fourth-order valence-corrected chi connectivity index (χ4v) is 4.39. The molecule has 0 saturated carbocycles. The van der Waals surface area contributed by atoms with Gasteiger partial charge in [0.2, 0.25) is 0 Å². The van der Waals surface area contributed by atoms with Gasteiger partial charge in [-0.2, -0.15) is 0 Å². The fourth-order valence-electron chi connectivity index (χ4n) is 3.72. The van der Waals surface area contributed by atoms with E-state index < -0.39 is 21.7 Å². The lowest BCUT2D eigenvalue weighted by Crippen LogP contribution is -2.17. The second-order valence-corrected chi connectivity index (χ2v) is 9.13. The van der Waals surface area contributed by atoms with Crippen LogP contribution in [0.15, 0.2) is 23.1 Å². The van der Waals surface area contributed by atoms with Crippen LogP contribution in [0.25, 0.3) is 10.9 Å². The van der Waals surface area contributed by atoms with Crippen molar-refractivity contribution in [2.75, 3.05) is 6.26 Å². The Kier molecular flexibility index (Phi) is 3.98. The maximum atomic E-state index is 12.0. The summed E-state index contributed by atoms with van der Waals surface area (Å²) in [5.41, 5.74) is 2.90. The van der Waals surface area contributed by atoms with E-state index in [1.807, 2.05) is 13.8 Å². The summed E-state index contributed by atoms with van der Waals surface area (Å²) in [6.45, 7) is 6.55. The molecule has 1 aliphatic rings. The van der Waals surface area contributed by atoms with E-state index in [1.54, 1.807) is 19.1 Å². The zero-order chi connectivity index (χ0) is 17.8. The lowest BCUT2D eigenvalue weighted by atomic mass is 9.89. The van der Waals surface area contributed by atoms with Crippen molar-refractivity contribution in [3.63, 3.8) is 0 Å². The molecule has 130 valence electrons. The van der Waals surface area contributed by atoms with Gasteiger partial charge in [-0.05, 0) is 36.1 Å². The Morgan fingerprint density at radius 2 is 1.92 bits per heavy atom. The first-order valence-electron chi connectivity index (χ1n) is 8.21. The standard InChI is InChI=1S/C18H23NO4S/c1-10(2)14-7-12(24(4,22)23)8-16-15(14)9-17-13(5-6-19(16)17)11(3)18(20)21/h7-11,13H,5-6H2,1-4H3,(H,20,21). The molecule has 0 aliphatic carbocycles. The second-order valence-electron chi connectivity index (χ2n) is 7.12. The molecule has 0 bridgehead atoms. The molecule has 1 N–H and O–H groups in total. The minimum absolute atomic E-state index is 0.0309. The van der Waals surface area contributed by atoms with E-state index in [-0.39, 0.29) is 11.8 Å². The zero-order valence-corrected chi connectivity index (χ0v) is 15.2. The molecule has 24 heavy (non-hydrogen) atoms. The number of sulfone groups is 1. The van der Waals surface area contributed by atoms with Crippen molar-refractivity contribution in [1.82, 2.24) is 4.57 Å². The Labute approximate surface area is 142 Å². The molecule has 1 aliphatic heterocycles. The number of benzene rings is 1. The van der Waals surface area contributed by atoms with Gasteiger partial charge < -0.3 is 9.67 Å². The van der Waals surface area contributed by atoms with Gasteiger partial charge in [0, 0.05) is 35.3 Å². The molecule has 1 aromatic carbocycles. The van der Waals surface area contributed by atoms with E-state index in [4.69, 9.17) is 0 Å². The first-order valence-corrected chi connectivity index (χ1v) is 10.1. The third-order valence-electron chi connectivity index (χ3n) is 5.15. The number of hydrogen-bond acceptors (Lipinski definition) is 3. The Bertz CT molecular complexity index is 924. The van der Waals surface area contributed by atoms with Crippen LogP contribution in [0.1, 0.15) is 50.3 Å². The Balaban J connectivity index is 2.27. The Hall–Kier alpha value is -1.82. The molecular weight excluding hydrogens is 326 g/mol. The lowest BCUT2D eigenvalue weighted by Gasteiger charge is -2.14. The van der Waals surface area contributed by atoms with Crippen LogP contribution in [-0.2, 0) is 21.2 Å². The summed E-state index contributed by atoms with van der Waals surface area (Å²) in [7, 11) is -3.30. The number of fused-ring (bicyclic) bond motifs is 3. The number of carboxylic acid groups (broad SMARTS) is 1. The largest absolute Gasteiger partial charge is 0.481 e. The summed E-state index contributed by atoms with van der Waals surface area (Å²) in [4.78, 5) is 11.7. The molecular formula is C18H23NO4S. The molecule has 0 amide bonds. The van der Waals surface area contributed by atoms with Crippen molar-refractivity contribution < 1.29 is 18.3 Å². The van der Waals surface area contributed by atoms with E-state index in [0.29, 0.717) is 4.90 Å². The Morgan fingerprint density at radius 1 is 1.25 bits per heavy atom. The summed E-state index contributed by atoms with van der Waals surface area (Å²) in [5.74, 6) is -1.09. The van der Waals surface area contributed by atoms with Gasteiger partial charge in [-0.3, -0.25) is 4.79 Å². The van der Waals surface area contributed by atoms with Crippen LogP contribution < -0.4 is 0 Å². The van der Waals surface area contributed by atoms with Gasteiger partial charge >= 0.3 is 5.97 Å². The summed E-state index contributed by atoms with van der Waals surface area (Å²) < 4.78 is 26.2. The molecule has 0 saturated heterocycles. The Morgan fingerprint density at radius 3 is 2.46 bits per heavy atom. The van der Waals surface area contributed by atoms with E-state index in [9.17, 15) is 18.3 Å². The SMILES string of the molecule is CC(C)c1cc(S(C)(=O)=O)cc2c1cc1n2CCC1C(C)C(=O)O. The summed E-state index contributed by atoms with van der Waals surface area (Å²) in [5, 5.41) is 10.4. The molecule has 0 fully saturated rings. The van der Waals surface area contributed by atoms with Crippen LogP contribution in [0.4, 0.5) is 0 Å². The zero-order valence-electron chi connectivity index (χ0n) is 14.4. The third kappa shape index (κ3) is 2.62. The molecule has 2 atom stereocenters. The van der Waals surface area contributed by atoms with Gasteiger partial charge in [0.05, 0.1) is 10.8 Å². The van der Waals surface area contributed by atoms with E-state index >= 15 is 0 Å². The van der Waals surface area contributed by atoms with Gasteiger partial charge in [0.15, 0.2) is 9.84 Å². The highest BCUT2D eigenvalue weighted by atomic mass is 32.2. The van der Waals surface area contributed by atoms with Crippen LogP contribution in [0.3, 0.4) is 0 Å². The normalized spacial score (nSPS) is 19.0. The quantitative estimate of drug-likeness (QED) is 0.918. The number of hydrogen-bond donors (Lipinski definition) is 1. The predicted molar refractivity (Wildman–Crippen MR) is 93.3 cm³/mol. The van der Waals surface area contributed by atoms with Crippen molar-refractivity contribution in [1.29, 1.82) is 0 Å². The number of carbonyl (C=O) groups is 1. The van der Waals surface area contributed by atoms with Crippen LogP contribution in [0.2, 0.25) is 0 Å². The number of aliphatic carboxylic acids is 1.